The molecule has 0 N–H and O–H groups in total. The highest BCUT2D eigenvalue weighted by atomic mass is 16.4. The zero-order valence-corrected chi connectivity index (χ0v) is 8.60. The van der Waals surface area contributed by atoms with Crippen LogP contribution in [0.5, 0.6) is 0 Å². The third-order valence-electron chi connectivity index (χ3n) is 2.63. The first-order valence-electron chi connectivity index (χ1n) is 5.23. The fourth-order valence-electron chi connectivity index (χ4n) is 1.62. The molecule has 1 fully saturated rings. The van der Waals surface area contributed by atoms with Crippen LogP contribution in [0, 0.1) is 6.92 Å². The summed E-state index contributed by atoms with van der Waals surface area (Å²) in [6.45, 7) is 2.06. The van der Waals surface area contributed by atoms with Gasteiger partial charge in [-0.05, 0) is 31.9 Å². The van der Waals surface area contributed by atoms with E-state index in [1.807, 2.05) is 12.1 Å². The molecular formula is C12H12N2O. The van der Waals surface area contributed by atoms with Gasteiger partial charge in [-0.3, -0.25) is 0 Å². The van der Waals surface area contributed by atoms with E-state index in [4.69, 9.17) is 4.42 Å². The Morgan fingerprint density at radius 3 is 2.87 bits per heavy atom. The van der Waals surface area contributed by atoms with Crippen LogP contribution in [0.4, 0.5) is 0 Å². The summed E-state index contributed by atoms with van der Waals surface area (Å²) in [6, 6.07) is 8.12. The van der Waals surface area contributed by atoms with Gasteiger partial charge >= 0.3 is 0 Å². The molecule has 0 bridgehead atoms. The smallest absolute Gasteiger partial charge is 0.247 e. The molecule has 0 amide bonds. The Bertz CT molecular complexity index is 486. The fourth-order valence-corrected chi connectivity index (χ4v) is 1.62. The minimum atomic E-state index is 0.524. The molecule has 1 aromatic carbocycles. The van der Waals surface area contributed by atoms with Gasteiger partial charge in [0.1, 0.15) is 0 Å². The van der Waals surface area contributed by atoms with Crippen LogP contribution in [-0.2, 0) is 0 Å². The molecule has 1 aromatic heterocycles. The molecule has 2 aromatic rings. The predicted octanol–water partition coefficient (Wildman–Crippen LogP) is 2.92. The van der Waals surface area contributed by atoms with Gasteiger partial charge in [0.15, 0.2) is 0 Å². The van der Waals surface area contributed by atoms with E-state index >= 15 is 0 Å². The molecule has 76 valence electrons. The highest BCUT2D eigenvalue weighted by molar-refractivity contribution is 5.53. The largest absolute Gasteiger partial charge is 0.420 e. The van der Waals surface area contributed by atoms with Crippen LogP contribution >= 0.6 is 0 Å². The minimum absolute atomic E-state index is 0.524. The van der Waals surface area contributed by atoms with Crippen LogP contribution < -0.4 is 0 Å². The van der Waals surface area contributed by atoms with Gasteiger partial charge in [-0.15, -0.1) is 10.2 Å². The summed E-state index contributed by atoms with van der Waals surface area (Å²) in [5.74, 6) is 1.96. The van der Waals surface area contributed by atoms with Crippen molar-refractivity contribution in [1.82, 2.24) is 10.2 Å². The van der Waals surface area contributed by atoms with Crippen LogP contribution in [0.3, 0.4) is 0 Å². The quantitative estimate of drug-likeness (QED) is 0.748. The van der Waals surface area contributed by atoms with Crippen molar-refractivity contribution < 1.29 is 4.42 Å². The van der Waals surface area contributed by atoms with Crippen LogP contribution in [-0.4, -0.2) is 10.2 Å². The summed E-state index contributed by atoms with van der Waals surface area (Å²) in [5.41, 5.74) is 2.22. The van der Waals surface area contributed by atoms with Gasteiger partial charge in [-0.1, -0.05) is 17.7 Å². The SMILES string of the molecule is Cc1cccc(-c2nnc(C3CC3)o2)c1. The van der Waals surface area contributed by atoms with Crippen LogP contribution in [0.1, 0.15) is 30.2 Å². The molecule has 0 aliphatic heterocycles. The number of aryl methyl sites for hydroxylation is 1. The lowest BCUT2D eigenvalue weighted by Gasteiger charge is -1.95. The zero-order valence-electron chi connectivity index (χ0n) is 8.60. The Kier molecular flexibility index (Phi) is 1.84. The Balaban J connectivity index is 1.97. The number of hydrogen-bond donors (Lipinski definition) is 0. The second-order valence-electron chi connectivity index (χ2n) is 4.09. The van der Waals surface area contributed by atoms with E-state index in [0.717, 1.165) is 11.5 Å². The van der Waals surface area contributed by atoms with E-state index in [-0.39, 0.29) is 0 Å². The summed E-state index contributed by atoms with van der Waals surface area (Å²) in [6.07, 6.45) is 2.38. The van der Waals surface area contributed by atoms with E-state index in [1.54, 1.807) is 0 Å². The van der Waals surface area contributed by atoms with Crippen molar-refractivity contribution in [3.05, 3.63) is 35.7 Å². The van der Waals surface area contributed by atoms with E-state index in [2.05, 4.69) is 29.3 Å². The van der Waals surface area contributed by atoms with Crippen molar-refractivity contribution in [2.24, 2.45) is 0 Å². The predicted molar refractivity (Wildman–Crippen MR) is 56.4 cm³/mol. The maximum absolute atomic E-state index is 5.63. The van der Waals surface area contributed by atoms with Crippen molar-refractivity contribution >= 4 is 0 Å². The van der Waals surface area contributed by atoms with Crippen molar-refractivity contribution in [3.63, 3.8) is 0 Å². The molecule has 0 unspecified atom stereocenters. The first-order chi connectivity index (χ1) is 7.33. The fraction of sp³-hybridized carbons (Fsp3) is 0.333. The molecule has 0 spiro atoms. The average Bonchev–Trinajstić information content (AvgIpc) is 2.97. The van der Waals surface area contributed by atoms with Crippen molar-refractivity contribution in [3.8, 4) is 11.5 Å². The molecule has 0 radical (unpaired) electrons. The highest BCUT2D eigenvalue weighted by Crippen LogP contribution is 2.39. The lowest BCUT2D eigenvalue weighted by atomic mass is 10.1. The Hall–Kier alpha value is -1.64. The van der Waals surface area contributed by atoms with Gasteiger partial charge in [-0.2, -0.15) is 0 Å². The number of benzene rings is 1. The molecule has 0 atom stereocenters. The summed E-state index contributed by atoms with van der Waals surface area (Å²) in [7, 11) is 0. The second-order valence-corrected chi connectivity index (χ2v) is 4.09. The standard InChI is InChI=1S/C12H12N2O/c1-8-3-2-4-10(7-8)12-14-13-11(15-12)9-5-6-9/h2-4,7,9H,5-6H2,1H3. The van der Waals surface area contributed by atoms with Gasteiger partial charge in [0.2, 0.25) is 11.8 Å². The lowest BCUT2D eigenvalue weighted by molar-refractivity contribution is 0.508. The van der Waals surface area contributed by atoms with Gasteiger partial charge in [0, 0.05) is 11.5 Å². The Labute approximate surface area is 88.1 Å². The summed E-state index contributed by atoms with van der Waals surface area (Å²) in [4.78, 5) is 0. The molecular weight excluding hydrogens is 188 g/mol. The molecule has 0 saturated heterocycles. The van der Waals surface area contributed by atoms with Crippen LogP contribution in [0.15, 0.2) is 28.7 Å². The molecule has 1 saturated carbocycles. The second kappa shape index (κ2) is 3.19. The monoisotopic (exact) mass is 200 g/mol. The number of hydrogen-bond acceptors (Lipinski definition) is 3. The van der Waals surface area contributed by atoms with Gasteiger partial charge in [0.25, 0.3) is 0 Å². The normalized spacial score (nSPS) is 15.5. The van der Waals surface area contributed by atoms with Gasteiger partial charge in [0.05, 0.1) is 0 Å². The zero-order chi connectivity index (χ0) is 10.3. The molecule has 1 aliphatic rings. The third kappa shape index (κ3) is 1.65. The first kappa shape index (κ1) is 8.65. The van der Waals surface area contributed by atoms with E-state index in [0.29, 0.717) is 11.8 Å². The highest BCUT2D eigenvalue weighted by Gasteiger charge is 2.29. The lowest BCUT2D eigenvalue weighted by Crippen LogP contribution is -1.78. The Morgan fingerprint density at radius 2 is 2.13 bits per heavy atom. The van der Waals surface area contributed by atoms with Gasteiger partial charge in [-0.25, -0.2) is 0 Å². The van der Waals surface area contributed by atoms with Crippen molar-refractivity contribution in [2.75, 3.05) is 0 Å². The minimum Gasteiger partial charge on any atom is -0.420 e. The molecule has 1 heterocycles. The summed E-state index contributed by atoms with van der Waals surface area (Å²) >= 11 is 0. The molecule has 3 nitrogen and oxygen atoms in total. The number of aromatic nitrogens is 2. The number of nitrogens with zero attached hydrogens (tertiary/aromatic N) is 2. The van der Waals surface area contributed by atoms with E-state index in [9.17, 15) is 0 Å². The van der Waals surface area contributed by atoms with Crippen LogP contribution in [0.25, 0.3) is 11.5 Å². The maximum Gasteiger partial charge on any atom is 0.247 e. The van der Waals surface area contributed by atoms with Crippen molar-refractivity contribution in [1.29, 1.82) is 0 Å². The molecule has 1 aliphatic carbocycles. The number of rotatable bonds is 2. The molecule has 3 rings (SSSR count). The molecule has 15 heavy (non-hydrogen) atoms. The average molecular weight is 200 g/mol. The van der Waals surface area contributed by atoms with Crippen LogP contribution in [0.2, 0.25) is 0 Å². The summed E-state index contributed by atoms with van der Waals surface area (Å²) in [5, 5.41) is 8.14. The van der Waals surface area contributed by atoms with E-state index < -0.39 is 0 Å². The van der Waals surface area contributed by atoms with Gasteiger partial charge < -0.3 is 4.42 Å². The first-order valence-corrected chi connectivity index (χ1v) is 5.23. The Morgan fingerprint density at radius 1 is 1.27 bits per heavy atom. The third-order valence-corrected chi connectivity index (χ3v) is 2.63. The maximum atomic E-state index is 5.63. The van der Waals surface area contributed by atoms with Crippen molar-refractivity contribution in [2.45, 2.75) is 25.7 Å². The topological polar surface area (TPSA) is 38.9 Å². The summed E-state index contributed by atoms with van der Waals surface area (Å²) < 4.78 is 5.63. The van der Waals surface area contributed by atoms with E-state index in [1.165, 1.54) is 18.4 Å². The molecule has 3 heteroatoms.